The normalized spacial score (nSPS) is 10.6. The summed E-state index contributed by atoms with van der Waals surface area (Å²) in [6.07, 6.45) is -0.237. The standard InChI is InChI=1S/C22H23N3O4/c1-3-25(22(27)28)18-6-8-19(9-7-18)29-21-11-5-17-14-16(4-10-20(17)24-21)12-13-23-15(2)26/h4-11,14H,3,12-13H2,1-2H3,(H,23,26)(H,27,28). The van der Waals surface area contributed by atoms with Gasteiger partial charge in [0.25, 0.3) is 0 Å². The van der Waals surface area contributed by atoms with E-state index in [4.69, 9.17) is 4.74 Å². The molecule has 29 heavy (non-hydrogen) atoms. The summed E-state index contributed by atoms with van der Waals surface area (Å²) in [6.45, 7) is 4.26. The number of benzene rings is 2. The molecule has 1 heterocycles. The van der Waals surface area contributed by atoms with Crippen molar-refractivity contribution in [2.24, 2.45) is 0 Å². The zero-order valence-electron chi connectivity index (χ0n) is 16.4. The molecule has 2 aromatic carbocycles. The molecule has 0 unspecified atom stereocenters. The Morgan fingerprint density at radius 1 is 1.10 bits per heavy atom. The SMILES string of the molecule is CCN(C(=O)O)c1ccc(Oc2ccc3cc(CCNC(C)=O)ccc3n2)cc1. The molecule has 150 valence electrons. The van der Waals surface area contributed by atoms with Crippen LogP contribution in [0.1, 0.15) is 19.4 Å². The Balaban J connectivity index is 1.70. The van der Waals surface area contributed by atoms with Crippen LogP contribution in [0.2, 0.25) is 0 Å². The summed E-state index contributed by atoms with van der Waals surface area (Å²) in [5.41, 5.74) is 2.52. The van der Waals surface area contributed by atoms with Crippen LogP contribution < -0.4 is 15.0 Å². The number of rotatable bonds is 7. The second-order valence-corrected chi connectivity index (χ2v) is 6.53. The van der Waals surface area contributed by atoms with Crippen molar-refractivity contribution < 1.29 is 19.4 Å². The quantitative estimate of drug-likeness (QED) is 0.627. The fraction of sp³-hybridized carbons (Fsp3) is 0.227. The highest BCUT2D eigenvalue weighted by molar-refractivity contribution is 5.86. The maximum atomic E-state index is 11.2. The van der Waals surface area contributed by atoms with Crippen LogP contribution >= 0.6 is 0 Å². The molecule has 0 atom stereocenters. The van der Waals surface area contributed by atoms with Gasteiger partial charge < -0.3 is 15.2 Å². The monoisotopic (exact) mass is 393 g/mol. The number of hydrogen-bond donors (Lipinski definition) is 2. The third-order valence-electron chi connectivity index (χ3n) is 4.43. The summed E-state index contributed by atoms with van der Waals surface area (Å²) >= 11 is 0. The smallest absolute Gasteiger partial charge is 0.411 e. The predicted octanol–water partition coefficient (Wildman–Crippen LogP) is 4.21. The molecule has 0 saturated heterocycles. The predicted molar refractivity (Wildman–Crippen MR) is 112 cm³/mol. The molecule has 1 aromatic heterocycles. The molecule has 0 aliphatic carbocycles. The first-order valence-electron chi connectivity index (χ1n) is 9.39. The van der Waals surface area contributed by atoms with Gasteiger partial charge in [0.2, 0.25) is 11.8 Å². The zero-order chi connectivity index (χ0) is 20.8. The van der Waals surface area contributed by atoms with Crippen molar-refractivity contribution in [2.75, 3.05) is 18.0 Å². The van der Waals surface area contributed by atoms with Crippen molar-refractivity contribution in [3.63, 3.8) is 0 Å². The van der Waals surface area contributed by atoms with Crippen molar-refractivity contribution in [2.45, 2.75) is 20.3 Å². The maximum Gasteiger partial charge on any atom is 0.411 e. The zero-order valence-corrected chi connectivity index (χ0v) is 16.4. The number of carboxylic acid groups (broad SMARTS) is 1. The van der Waals surface area contributed by atoms with Crippen molar-refractivity contribution in [1.29, 1.82) is 0 Å². The number of nitrogens with zero attached hydrogens (tertiary/aromatic N) is 2. The summed E-state index contributed by atoms with van der Waals surface area (Å²) in [4.78, 5) is 28.0. The molecule has 0 bridgehead atoms. The van der Waals surface area contributed by atoms with Gasteiger partial charge in [0, 0.05) is 37.2 Å². The molecule has 2 N–H and O–H groups in total. The molecule has 0 saturated carbocycles. The first kappa shape index (κ1) is 20.1. The summed E-state index contributed by atoms with van der Waals surface area (Å²) in [6, 6.07) is 16.6. The Labute approximate surface area is 168 Å². The Hall–Kier alpha value is -3.61. The highest BCUT2D eigenvalue weighted by Crippen LogP contribution is 2.25. The van der Waals surface area contributed by atoms with Gasteiger partial charge >= 0.3 is 6.09 Å². The van der Waals surface area contributed by atoms with E-state index in [1.165, 1.54) is 11.8 Å². The lowest BCUT2D eigenvalue weighted by atomic mass is 10.1. The Morgan fingerprint density at radius 3 is 2.52 bits per heavy atom. The number of ether oxygens (including phenoxy) is 1. The Kier molecular flexibility index (Phi) is 6.29. The van der Waals surface area contributed by atoms with Crippen LogP contribution in [0.3, 0.4) is 0 Å². The van der Waals surface area contributed by atoms with Crippen molar-refractivity contribution in [3.8, 4) is 11.6 Å². The second kappa shape index (κ2) is 9.05. The number of fused-ring (bicyclic) bond motifs is 1. The molecular weight excluding hydrogens is 370 g/mol. The van der Waals surface area contributed by atoms with Crippen LogP contribution in [0, 0.1) is 0 Å². The van der Waals surface area contributed by atoms with Crippen molar-refractivity contribution in [3.05, 3.63) is 60.2 Å². The highest BCUT2D eigenvalue weighted by Gasteiger charge is 2.12. The number of amides is 2. The third kappa shape index (κ3) is 5.22. The number of anilines is 1. The topological polar surface area (TPSA) is 91.8 Å². The van der Waals surface area contributed by atoms with Gasteiger partial charge in [-0.1, -0.05) is 6.07 Å². The third-order valence-corrected chi connectivity index (χ3v) is 4.43. The number of carbonyl (C=O) groups excluding carboxylic acids is 1. The largest absolute Gasteiger partial charge is 0.465 e. The lowest BCUT2D eigenvalue weighted by Gasteiger charge is -2.17. The van der Waals surface area contributed by atoms with Gasteiger partial charge in [-0.3, -0.25) is 9.69 Å². The van der Waals surface area contributed by atoms with E-state index in [-0.39, 0.29) is 5.91 Å². The van der Waals surface area contributed by atoms with E-state index in [9.17, 15) is 14.7 Å². The van der Waals surface area contributed by atoms with Crippen LogP contribution in [0.15, 0.2) is 54.6 Å². The lowest BCUT2D eigenvalue weighted by molar-refractivity contribution is -0.118. The average Bonchev–Trinajstić information content (AvgIpc) is 2.69. The van der Waals surface area contributed by atoms with E-state index in [0.717, 1.165) is 22.9 Å². The van der Waals surface area contributed by atoms with E-state index in [1.807, 2.05) is 24.3 Å². The second-order valence-electron chi connectivity index (χ2n) is 6.53. The minimum atomic E-state index is -0.992. The van der Waals surface area contributed by atoms with Crippen LogP contribution in [0.5, 0.6) is 11.6 Å². The van der Waals surface area contributed by atoms with Gasteiger partial charge in [0.05, 0.1) is 5.52 Å². The van der Waals surface area contributed by atoms with Gasteiger partial charge in [-0.2, -0.15) is 0 Å². The molecule has 3 aromatic rings. The van der Waals surface area contributed by atoms with Crippen LogP contribution in [-0.2, 0) is 11.2 Å². The summed E-state index contributed by atoms with van der Waals surface area (Å²) in [5.74, 6) is 1.00. The van der Waals surface area contributed by atoms with E-state index >= 15 is 0 Å². The molecular formula is C22H23N3O4. The molecule has 0 fully saturated rings. The van der Waals surface area contributed by atoms with Gasteiger partial charge in [-0.05, 0) is 61.4 Å². The van der Waals surface area contributed by atoms with Gasteiger partial charge in [0.15, 0.2) is 0 Å². The molecule has 0 aliphatic heterocycles. The van der Waals surface area contributed by atoms with E-state index < -0.39 is 6.09 Å². The number of carbonyl (C=O) groups is 2. The minimum Gasteiger partial charge on any atom is -0.465 e. The first-order chi connectivity index (χ1) is 14.0. The van der Waals surface area contributed by atoms with E-state index in [2.05, 4.69) is 10.3 Å². The fourth-order valence-electron chi connectivity index (χ4n) is 2.99. The molecule has 7 nitrogen and oxygen atoms in total. The van der Waals surface area contributed by atoms with E-state index in [1.54, 1.807) is 37.3 Å². The Bertz CT molecular complexity index is 1020. The molecule has 0 radical (unpaired) electrons. The molecule has 7 heteroatoms. The minimum absolute atomic E-state index is 0.0346. The summed E-state index contributed by atoms with van der Waals surface area (Å²) < 4.78 is 5.81. The number of hydrogen-bond acceptors (Lipinski definition) is 4. The maximum absolute atomic E-state index is 11.2. The summed E-state index contributed by atoms with van der Waals surface area (Å²) in [7, 11) is 0. The highest BCUT2D eigenvalue weighted by atomic mass is 16.5. The molecule has 0 aliphatic rings. The number of pyridine rings is 1. The van der Waals surface area contributed by atoms with Crippen molar-refractivity contribution >= 4 is 28.6 Å². The molecule has 3 rings (SSSR count). The first-order valence-corrected chi connectivity index (χ1v) is 9.39. The van der Waals surface area contributed by atoms with Crippen LogP contribution in [0.25, 0.3) is 10.9 Å². The number of aromatic nitrogens is 1. The average molecular weight is 393 g/mol. The van der Waals surface area contributed by atoms with Gasteiger partial charge in [-0.15, -0.1) is 0 Å². The fourth-order valence-corrected chi connectivity index (χ4v) is 2.99. The Morgan fingerprint density at radius 2 is 1.86 bits per heavy atom. The van der Waals surface area contributed by atoms with E-state index in [0.29, 0.717) is 30.4 Å². The molecule has 0 spiro atoms. The van der Waals surface area contributed by atoms with Crippen LogP contribution in [-0.4, -0.2) is 35.2 Å². The van der Waals surface area contributed by atoms with Gasteiger partial charge in [-0.25, -0.2) is 9.78 Å². The van der Waals surface area contributed by atoms with Gasteiger partial charge in [0.1, 0.15) is 5.75 Å². The van der Waals surface area contributed by atoms with Crippen molar-refractivity contribution in [1.82, 2.24) is 10.3 Å². The number of nitrogens with one attached hydrogen (secondary N) is 1. The summed E-state index contributed by atoms with van der Waals surface area (Å²) in [5, 5.41) is 13.0. The molecule has 2 amide bonds. The van der Waals surface area contributed by atoms with Crippen LogP contribution in [0.4, 0.5) is 10.5 Å². The lowest BCUT2D eigenvalue weighted by Crippen LogP contribution is -2.28.